The molecule has 1 saturated carbocycles. The van der Waals surface area contributed by atoms with E-state index in [-0.39, 0.29) is 6.61 Å². The van der Waals surface area contributed by atoms with Gasteiger partial charge in [0.2, 0.25) is 5.89 Å². The van der Waals surface area contributed by atoms with E-state index in [4.69, 9.17) is 15.4 Å². The van der Waals surface area contributed by atoms with E-state index >= 15 is 0 Å². The maximum Gasteiger partial charge on any atom is 0.245 e. The minimum absolute atomic E-state index is 0.162. The number of aliphatic hydroxyl groups excluding tert-OH is 1. The van der Waals surface area contributed by atoms with Crippen LogP contribution in [0.4, 0.5) is 0 Å². The number of aromatic nitrogens is 2. The average Bonchev–Trinajstić information content (AvgIpc) is 2.87. The van der Waals surface area contributed by atoms with Crippen LogP contribution in [0.5, 0.6) is 0 Å². The fourth-order valence-electron chi connectivity index (χ4n) is 2.47. The predicted octanol–water partition coefficient (Wildman–Crippen LogP) is 1.75. The smallest absolute Gasteiger partial charge is 0.245 e. The molecule has 1 aromatic rings. The van der Waals surface area contributed by atoms with Crippen molar-refractivity contribution in [1.29, 1.82) is 0 Å². The monoisotopic (exact) mass is 239 g/mol. The molecule has 2 rings (SSSR count). The topological polar surface area (TPSA) is 85.2 Å². The molecule has 0 aliphatic heterocycles. The van der Waals surface area contributed by atoms with Crippen molar-refractivity contribution < 1.29 is 9.63 Å². The average molecular weight is 239 g/mol. The molecule has 17 heavy (non-hydrogen) atoms. The largest absolute Gasteiger partial charge is 0.394 e. The molecule has 1 atom stereocenters. The minimum Gasteiger partial charge on any atom is -0.394 e. The highest BCUT2D eigenvalue weighted by Crippen LogP contribution is 2.35. The van der Waals surface area contributed by atoms with Crippen molar-refractivity contribution >= 4 is 0 Å². The Labute approximate surface area is 101 Å². The molecule has 96 valence electrons. The quantitative estimate of drug-likeness (QED) is 0.836. The number of nitrogens with two attached hydrogens (primary N) is 1. The second-order valence-electron chi connectivity index (χ2n) is 4.91. The van der Waals surface area contributed by atoms with Gasteiger partial charge in [0.1, 0.15) is 6.04 Å². The van der Waals surface area contributed by atoms with Gasteiger partial charge in [-0.15, -0.1) is 0 Å². The summed E-state index contributed by atoms with van der Waals surface area (Å²) in [5.74, 6) is 2.37. The second kappa shape index (κ2) is 5.60. The summed E-state index contributed by atoms with van der Waals surface area (Å²) in [6.45, 7) is 2.09. The number of hydrogen-bond donors (Lipinski definition) is 2. The van der Waals surface area contributed by atoms with Gasteiger partial charge in [-0.3, -0.25) is 0 Å². The summed E-state index contributed by atoms with van der Waals surface area (Å²) >= 11 is 0. The molecule has 3 N–H and O–H groups in total. The fourth-order valence-corrected chi connectivity index (χ4v) is 2.47. The van der Waals surface area contributed by atoms with Crippen molar-refractivity contribution in [2.45, 2.75) is 51.0 Å². The van der Waals surface area contributed by atoms with Gasteiger partial charge in [-0.25, -0.2) is 0 Å². The molecule has 0 bridgehead atoms. The summed E-state index contributed by atoms with van der Waals surface area (Å²) in [4.78, 5) is 4.29. The van der Waals surface area contributed by atoms with Gasteiger partial charge in [-0.05, 0) is 31.6 Å². The van der Waals surface area contributed by atoms with Crippen LogP contribution in [-0.2, 0) is 0 Å². The summed E-state index contributed by atoms with van der Waals surface area (Å²) in [6.07, 6.45) is 6.02. The molecule has 0 saturated heterocycles. The third-order valence-electron chi connectivity index (χ3n) is 3.76. The van der Waals surface area contributed by atoms with Crippen LogP contribution in [0.2, 0.25) is 0 Å². The zero-order chi connectivity index (χ0) is 12.3. The molecule has 0 radical (unpaired) electrons. The van der Waals surface area contributed by atoms with E-state index in [1.165, 1.54) is 19.3 Å². The van der Waals surface area contributed by atoms with Crippen LogP contribution in [0.15, 0.2) is 4.52 Å². The third-order valence-corrected chi connectivity index (χ3v) is 3.76. The number of rotatable bonds is 4. The summed E-state index contributed by atoms with van der Waals surface area (Å²) in [5, 5.41) is 12.9. The van der Waals surface area contributed by atoms with E-state index < -0.39 is 6.04 Å². The molecule has 0 aromatic carbocycles. The van der Waals surface area contributed by atoms with Gasteiger partial charge in [0.15, 0.2) is 5.82 Å². The van der Waals surface area contributed by atoms with Crippen molar-refractivity contribution in [2.24, 2.45) is 11.7 Å². The van der Waals surface area contributed by atoms with Crippen molar-refractivity contribution in [3.8, 4) is 0 Å². The van der Waals surface area contributed by atoms with Crippen LogP contribution in [0.3, 0.4) is 0 Å². The zero-order valence-electron chi connectivity index (χ0n) is 10.3. The summed E-state index contributed by atoms with van der Waals surface area (Å²) < 4.78 is 5.08. The summed E-state index contributed by atoms with van der Waals surface area (Å²) in [7, 11) is 0. The Morgan fingerprint density at radius 3 is 2.71 bits per heavy atom. The van der Waals surface area contributed by atoms with Crippen LogP contribution >= 0.6 is 0 Å². The second-order valence-corrected chi connectivity index (χ2v) is 4.91. The Kier molecular flexibility index (Phi) is 4.12. The van der Waals surface area contributed by atoms with E-state index in [0.717, 1.165) is 24.6 Å². The molecule has 0 spiro atoms. The van der Waals surface area contributed by atoms with Gasteiger partial charge in [-0.2, -0.15) is 4.98 Å². The predicted molar refractivity (Wildman–Crippen MR) is 63.3 cm³/mol. The van der Waals surface area contributed by atoms with Gasteiger partial charge >= 0.3 is 0 Å². The van der Waals surface area contributed by atoms with E-state index in [1.807, 2.05) is 0 Å². The van der Waals surface area contributed by atoms with E-state index in [0.29, 0.717) is 11.8 Å². The standard InChI is InChI=1S/C12H21N3O2/c1-2-8-3-5-9(6-4-8)11-14-12(17-15-11)10(13)7-16/h8-10,16H,2-7,13H2,1H3/t8?,9?,10-/m1/s1. The Morgan fingerprint density at radius 2 is 2.12 bits per heavy atom. The lowest BCUT2D eigenvalue weighted by Gasteiger charge is -2.25. The summed E-state index contributed by atoms with van der Waals surface area (Å²) in [5.41, 5.74) is 5.63. The van der Waals surface area contributed by atoms with E-state index in [9.17, 15) is 0 Å². The Morgan fingerprint density at radius 1 is 1.41 bits per heavy atom. The van der Waals surface area contributed by atoms with Gasteiger partial charge in [0, 0.05) is 5.92 Å². The lowest BCUT2D eigenvalue weighted by atomic mass is 9.80. The highest BCUT2D eigenvalue weighted by atomic mass is 16.5. The lowest BCUT2D eigenvalue weighted by Crippen LogP contribution is -2.16. The van der Waals surface area contributed by atoms with Crippen LogP contribution in [-0.4, -0.2) is 21.9 Å². The third kappa shape index (κ3) is 2.84. The van der Waals surface area contributed by atoms with Crippen LogP contribution in [0, 0.1) is 5.92 Å². The lowest BCUT2D eigenvalue weighted by molar-refractivity contribution is 0.236. The van der Waals surface area contributed by atoms with Crippen LogP contribution in [0.25, 0.3) is 0 Å². The molecule has 1 fully saturated rings. The molecule has 1 heterocycles. The van der Waals surface area contributed by atoms with Gasteiger partial charge < -0.3 is 15.4 Å². The number of nitrogens with zero attached hydrogens (tertiary/aromatic N) is 2. The maximum atomic E-state index is 8.92. The SMILES string of the molecule is CCC1CCC(c2noc([C@H](N)CO)n2)CC1. The van der Waals surface area contributed by atoms with Crippen molar-refractivity contribution in [3.05, 3.63) is 11.7 Å². The molecule has 1 aromatic heterocycles. The van der Waals surface area contributed by atoms with Crippen molar-refractivity contribution in [3.63, 3.8) is 0 Å². The molecule has 1 aliphatic rings. The first-order valence-electron chi connectivity index (χ1n) is 6.44. The molecule has 5 heteroatoms. The molecule has 1 aliphatic carbocycles. The van der Waals surface area contributed by atoms with E-state index in [1.54, 1.807) is 0 Å². The van der Waals surface area contributed by atoms with Gasteiger partial charge in [0.25, 0.3) is 0 Å². The minimum atomic E-state index is -0.553. The number of hydrogen-bond acceptors (Lipinski definition) is 5. The van der Waals surface area contributed by atoms with Crippen LogP contribution < -0.4 is 5.73 Å². The zero-order valence-corrected chi connectivity index (χ0v) is 10.3. The Hall–Kier alpha value is -0.940. The first-order chi connectivity index (χ1) is 8.24. The fraction of sp³-hybridized carbons (Fsp3) is 0.833. The Bertz CT molecular complexity index is 345. The van der Waals surface area contributed by atoms with Crippen molar-refractivity contribution in [2.75, 3.05) is 6.61 Å². The van der Waals surface area contributed by atoms with E-state index in [2.05, 4.69) is 17.1 Å². The molecular weight excluding hydrogens is 218 g/mol. The first kappa shape index (κ1) is 12.5. The Balaban J connectivity index is 1.97. The molecule has 0 unspecified atom stereocenters. The first-order valence-corrected chi connectivity index (χ1v) is 6.44. The highest BCUT2D eigenvalue weighted by molar-refractivity contribution is 4.99. The van der Waals surface area contributed by atoms with Crippen LogP contribution in [0.1, 0.15) is 62.7 Å². The normalized spacial score (nSPS) is 27.0. The molecule has 0 amide bonds. The molecule has 5 nitrogen and oxygen atoms in total. The van der Waals surface area contributed by atoms with Gasteiger partial charge in [-0.1, -0.05) is 18.5 Å². The van der Waals surface area contributed by atoms with Gasteiger partial charge in [0.05, 0.1) is 6.61 Å². The number of aliphatic hydroxyl groups is 1. The highest BCUT2D eigenvalue weighted by Gasteiger charge is 2.25. The maximum absolute atomic E-state index is 8.92. The van der Waals surface area contributed by atoms with Crippen molar-refractivity contribution in [1.82, 2.24) is 10.1 Å². The molecular formula is C12H21N3O2. The summed E-state index contributed by atoms with van der Waals surface area (Å²) in [6, 6.07) is -0.553.